The summed E-state index contributed by atoms with van der Waals surface area (Å²) in [7, 11) is 0. The quantitative estimate of drug-likeness (QED) is 0.917. The van der Waals surface area contributed by atoms with Crippen molar-refractivity contribution in [3.63, 3.8) is 0 Å². The molecule has 0 heterocycles. The summed E-state index contributed by atoms with van der Waals surface area (Å²) in [6.45, 7) is 0. The van der Waals surface area contributed by atoms with Gasteiger partial charge in [-0.05, 0) is 41.5 Å². The van der Waals surface area contributed by atoms with E-state index in [1.54, 1.807) is 12.1 Å². The molecular weight excluding hydrogens is 255 g/mol. The summed E-state index contributed by atoms with van der Waals surface area (Å²) >= 11 is 0. The van der Waals surface area contributed by atoms with Gasteiger partial charge < -0.3 is 5.11 Å². The molecule has 0 amide bonds. The van der Waals surface area contributed by atoms with Crippen molar-refractivity contribution in [2.45, 2.75) is 18.3 Å². The van der Waals surface area contributed by atoms with Crippen LogP contribution in [0, 0.1) is 11.7 Å². The summed E-state index contributed by atoms with van der Waals surface area (Å²) < 4.78 is 13.3. The van der Waals surface area contributed by atoms with Crippen LogP contribution in [-0.2, 0) is 4.79 Å². The monoisotopic (exact) mass is 270 g/mol. The first kappa shape index (κ1) is 12.9. The number of hydrogen-bond donors (Lipinski definition) is 1. The van der Waals surface area contributed by atoms with Crippen molar-refractivity contribution in [3.8, 4) is 0 Å². The fourth-order valence-electron chi connectivity index (χ4n) is 2.94. The number of carboxylic acids is 1. The van der Waals surface area contributed by atoms with Crippen LogP contribution in [0.1, 0.15) is 29.4 Å². The molecule has 3 heteroatoms. The van der Waals surface area contributed by atoms with Crippen LogP contribution in [0.25, 0.3) is 0 Å². The first-order valence-corrected chi connectivity index (χ1v) is 6.70. The minimum absolute atomic E-state index is 0.0525. The zero-order chi connectivity index (χ0) is 14.1. The molecule has 1 N–H and O–H groups in total. The second-order valence-corrected chi connectivity index (χ2v) is 5.29. The molecule has 0 saturated heterocycles. The van der Waals surface area contributed by atoms with Crippen LogP contribution in [0.4, 0.5) is 4.39 Å². The maximum absolute atomic E-state index is 13.3. The van der Waals surface area contributed by atoms with Crippen LogP contribution in [0.15, 0.2) is 54.6 Å². The van der Waals surface area contributed by atoms with E-state index in [-0.39, 0.29) is 17.7 Å². The van der Waals surface area contributed by atoms with Crippen molar-refractivity contribution in [1.82, 2.24) is 0 Å². The van der Waals surface area contributed by atoms with Crippen LogP contribution in [0.3, 0.4) is 0 Å². The zero-order valence-corrected chi connectivity index (χ0v) is 10.9. The summed E-state index contributed by atoms with van der Waals surface area (Å²) in [5, 5.41) is 9.47. The molecule has 0 spiro atoms. The minimum atomic E-state index is -0.876. The molecule has 2 aromatic carbocycles. The van der Waals surface area contributed by atoms with Gasteiger partial charge in [0.1, 0.15) is 5.82 Å². The summed E-state index contributed by atoms with van der Waals surface area (Å²) in [6, 6.07) is 15.9. The number of rotatable bonds is 4. The molecule has 102 valence electrons. The van der Waals surface area contributed by atoms with Crippen molar-refractivity contribution in [1.29, 1.82) is 0 Å². The van der Waals surface area contributed by atoms with Gasteiger partial charge in [0, 0.05) is 0 Å². The first-order valence-electron chi connectivity index (χ1n) is 6.70. The maximum atomic E-state index is 13.3. The molecule has 2 nitrogen and oxygen atoms in total. The molecule has 1 saturated carbocycles. The van der Waals surface area contributed by atoms with Crippen molar-refractivity contribution in [2.24, 2.45) is 5.92 Å². The average Bonchev–Trinajstić information content (AvgIpc) is 3.20. The Bertz CT molecular complexity index is 624. The number of carboxylic acid groups (broad SMARTS) is 1. The average molecular weight is 270 g/mol. The topological polar surface area (TPSA) is 37.3 Å². The highest BCUT2D eigenvalue weighted by atomic mass is 19.1. The molecule has 3 atom stereocenters. The van der Waals surface area contributed by atoms with Gasteiger partial charge in [-0.2, -0.15) is 0 Å². The molecular formula is C17H15FO2. The predicted molar refractivity (Wildman–Crippen MR) is 74.1 cm³/mol. The summed E-state index contributed by atoms with van der Waals surface area (Å²) in [5.41, 5.74) is 1.72. The van der Waals surface area contributed by atoms with E-state index in [1.807, 2.05) is 30.3 Å². The van der Waals surface area contributed by atoms with Gasteiger partial charge in [0.2, 0.25) is 0 Å². The zero-order valence-electron chi connectivity index (χ0n) is 10.9. The fraction of sp³-hybridized carbons (Fsp3) is 0.235. The molecule has 20 heavy (non-hydrogen) atoms. The van der Waals surface area contributed by atoms with E-state index in [0.29, 0.717) is 5.56 Å². The van der Waals surface area contributed by atoms with Crippen molar-refractivity contribution in [2.75, 3.05) is 0 Å². The molecule has 0 aromatic heterocycles. The normalized spacial score (nSPS) is 22.2. The lowest BCUT2D eigenvalue weighted by molar-refractivity contribution is -0.139. The van der Waals surface area contributed by atoms with Crippen LogP contribution in [0.2, 0.25) is 0 Å². The van der Waals surface area contributed by atoms with Crippen LogP contribution in [0.5, 0.6) is 0 Å². The predicted octanol–water partition coefficient (Wildman–Crippen LogP) is 3.80. The van der Waals surface area contributed by atoms with E-state index in [0.717, 1.165) is 6.42 Å². The van der Waals surface area contributed by atoms with Gasteiger partial charge in [-0.25, -0.2) is 4.39 Å². The third kappa shape index (κ3) is 2.44. The molecule has 1 aliphatic carbocycles. The number of carbonyl (C=O) groups is 1. The SMILES string of the molecule is O=C(O)C(c1cccc(F)c1)C1CC1c1ccccc1. The lowest BCUT2D eigenvalue weighted by Gasteiger charge is -2.13. The highest BCUT2D eigenvalue weighted by molar-refractivity contribution is 5.77. The van der Waals surface area contributed by atoms with Gasteiger partial charge in [0.25, 0.3) is 0 Å². The summed E-state index contributed by atoms with van der Waals surface area (Å²) in [5.74, 6) is -1.57. The van der Waals surface area contributed by atoms with E-state index in [9.17, 15) is 14.3 Å². The molecule has 2 aromatic rings. The van der Waals surface area contributed by atoms with E-state index in [4.69, 9.17) is 0 Å². The van der Waals surface area contributed by atoms with E-state index in [1.165, 1.54) is 17.7 Å². The molecule has 3 rings (SSSR count). The van der Waals surface area contributed by atoms with Crippen molar-refractivity contribution in [3.05, 3.63) is 71.5 Å². The molecule has 1 aliphatic rings. The largest absolute Gasteiger partial charge is 0.481 e. The smallest absolute Gasteiger partial charge is 0.311 e. The van der Waals surface area contributed by atoms with Gasteiger partial charge in [-0.1, -0.05) is 42.5 Å². The van der Waals surface area contributed by atoms with Crippen LogP contribution < -0.4 is 0 Å². The standard InChI is InChI=1S/C17H15FO2/c18-13-8-4-7-12(9-13)16(17(19)20)15-10-14(15)11-5-2-1-3-6-11/h1-9,14-16H,10H2,(H,19,20). The summed E-state index contributed by atoms with van der Waals surface area (Å²) in [6.07, 6.45) is 0.845. The lowest BCUT2D eigenvalue weighted by atomic mass is 9.92. The van der Waals surface area contributed by atoms with E-state index in [2.05, 4.69) is 0 Å². The number of benzene rings is 2. The Balaban J connectivity index is 1.86. The molecule has 3 unspecified atom stereocenters. The van der Waals surface area contributed by atoms with Crippen molar-refractivity contribution >= 4 is 5.97 Å². The van der Waals surface area contributed by atoms with E-state index < -0.39 is 11.9 Å². The Labute approximate surface area is 116 Å². The lowest BCUT2D eigenvalue weighted by Crippen LogP contribution is -2.14. The molecule has 1 fully saturated rings. The number of aliphatic carboxylic acids is 1. The van der Waals surface area contributed by atoms with E-state index >= 15 is 0 Å². The maximum Gasteiger partial charge on any atom is 0.311 e. The minimum Gasteiger partial charge on any atom is -0.481 e. The van der Waals surface area contributed by atoms with Gasteiger partial charge in [0.05, 0.1) is 5.92 Å². The van der Waals surface area contributed by atoms with Crippen LogP contribution in [-0.4, -0.2) is 11.1 Å². The summed E-state index contributed by atoms with van der Waals surface area (Å²) in [4.78, 5) is 11.5. The Kier molecular flexibility index (Phi) is 3.26. The third-order valence-electron chi connectivity index (χ3n) is 3.97. The van der Waals surface area contributed by atoms with Gasteiger partial charge in [0.15, 0.2) is 0 Å². The number of halogens is 1. The Morgan fingerprint density at radius 3 is 2.55 bits per heavy atom. The highest BCUT2D eigenvalue weighted by Gasteiger charge is 2.47. The Morgan fingerprint density at radius 2 is 1.90 bits per heavy atom. The number of hydrogen-bond acceptors (Lipinski definition) is 1. The van der Waals surface area contributed by atoms with Crippen molar-refractivity contribution < 1.29 is 14.3 Å². The second kappa shape index (κ2) is 5.08. The van der Waals surface area contributed by atoms with Gasteiger partial charge in [-0.15, -0.1) is 0 Å². The second-order valence-electron chi connectivity index (χ2n) is 5.29. The highest BCUT2D eigenvalue weighted by Crippen LogP contribution is 2.55. The molecule has 0 aliphatic heterocycles. The van der Waals surface area contributed by atoms with Crippen LogP contribution >= 0.6 is 0 Å². The first-order chi connectivity index (χ1) is 9.66. The fourth-order valence-corrected chi connectivity index (χ4v) is 2.94. The third-order valence-corrected chi connectivity index (χ3v) is 3.97. The Hall–Kier alpha value is -2.16. The molecule has 0 radical (unpaired) electrons. The van der Waals surface area contributed by atoms with Gasteiger partial charge >= 0.3 is 5.97 Å². The Morgan fingerprint density at radius 1 is 1.15 bits per heavy atom. The molecule has 0 bridgehead atoms. The van der Waals surface area contributed by atoms with Gasteiger partial charge in [-0.3, -0.25) is 4.79 Å².